The topological polar surface area (TPSA) is 33.2 Å². The van der Waals surface area contributed by atoms with Crippen LogP contribution in [-0.4, -0.2) is 28.9 Å². The average Bonchev–Trinajstić information content (AvgIpc) is 2.90. The highest BCUT2D eigenvalue weighted by molar-refractivity contribution is 5.84. The number of hydrogen-bond donors (Lipinski definition) is 0. The van der Waals surface area contributed by atoms with Gasteiger partial charge in [-0.15, -0.1) is 0 Å². The molecule has 0 N–H and O–H groups in total. The lowest BCUT2D eigenvalue weighted by atomic mass is 9.91. The van der Waals surface area contributed by atoms with Crippen molar-refractivity contribution in [2.24, 2.45) is 0 Å². The quantitative estimate of drug-likeness (QED) is 0.860. The smallest absolute Gasteiger partial charge is 0.230 e. The third kappa shape index (κ3) is 4.19. The van der Waals surface area contributed by atoms with Crippen LogP contribution < -0.4 is 0 Å². The Morgan fingerprint density at radius 3 is 2.39 bits per heavy atom. The fraction of sp³-hybridized carbons (Fsp3) is 0.400. The molecule has 3 rings (SSSR count). The molecule has 0 saturated carbocycles. The Bertz CT molecular complexity index is 604. The Kier molecular flexibility index (Phi) is 5.41. The van der Waals surface area contributed by atoms with E-state index < -0.39 is 0 Å². The van der Waals surface area contributed by atoms with Crippen LogP contribution in [0.5, 0.6) is 0 Å². The third-order valence-corrected chi connectivity index (χ3v) is 4.58. The standard InChI is InChI=1S/C20H24N2O/c23-20(22-13-6-1-2-7-14-22)19(18-10-4-3-5-11-18)15-17-9-8-12-21-16-17/h3-5,8-12,16,19H,1-2,6-7,13-15H2. The number of pyridine rings is 1. The minimum Gasteiger partial charge on any atom is -0.342 e. The molecule has 0 bridgehead atoms. The largest absolute Gasteiger partial charge is 0.342 e. The Balaban J connectivity index is 1.83. The summed E-state index contributed by atoms with van der Waals surface area (Å²) in [6.07, 6.45) is 9.08. The van der Waals surface area contributed by atoms with Gasteiger partial charge < -0.3 is 4.90 Å². The number of carbonyl (C=O) groups excluding carboxylic acids is 1. The molecule has 120 valence electrons. The van der Waals surface area contributed by atoms with Crippen LogP contribution in [0.1, 0.15) is 42.7 Å². The highest BCUT2D eigenvalue weighted by Crippen LogP contribution is 2.24. The zero-order chi connectivity index (χ0) is 15.9. The molecule has 0 radical (unpaired) electrons. The van der Waals surface area contributed by atoms with E-state index in [2.05, 4.69) is 28.1 Å². The molecule has 3 heteroatoms. The predicted molar refractivity (Wildman–Crippen MR) is 92.2 cm³/mol. The van der Waals surface area contributed by atoms with Gasteiger partial charge in [-0.25, -0.2) is 0 Å². The van der Waals surface area contributed by atoms with Gasteiger partial charge in [0.05, 0.1) is 5.92 Å². The van der Waals surface area contributed by atoms with E-state index in [1.165, 1.54) is 12.8 Å². The van der Waals surface area contributed by atoms with Crippen LogP contribution in [0.2, 0.25) is 0 Å². The highest BCUT2D eigenvalue weighted by atomic mass is 16.2. The van der Waals surface area contributed by atoms with Crippen LogP contribution in [0.4, 0.5) is 0 Å². The molecule has 1 saturated heterocycles. The maximum atomic E-state index is 13.2. The first kappa shape index (κ1) is 15.7. The number of nitrogens with zero attached hydrogens (tertiary/aromatic N) is 2. The maximum Gasteiger partial charge on any atom is 0.230 e. The molecule has 1 aliphatic heterocycles. The molecule has 0 spiro atoms. The van der Waals surface area contributed by atoms with Crippen LogP contribution in [0, 0.1) is 0 Å². The molecule has 1 aromatic heterocycles. The molecule has 0 aliphatic carbocycles. The van der Waals surface area contributed by atoms with Crippen LogP contribution >= 0.6 is 0 Å². The van der Waals surface area contributed by atoms with Crippen molar-refractivity contribution in [1.29, 1.82) is 0 Å². The predicted octanol–water partition coefficient (Wildman–Crippen LogP) is 3.81. The Morgan fingerprint density at radius 1 is 1.00 bits per heavy atom. The Morgan fingerprint density at radius 2 is 1.74 bits per heavy atom. The molecule has 1 aliphatic rings. The van der Waals surface area contributed by atoms with Crippen molar-refractivity contribution in [1.82, 2.24) is 9.88 Å². The van der Waals surface area contributed by atoms with Crippen molar-refractivity contribution in [2.75, 3.05) is 13.1 Å². The van der Waals surface area contributed by atoms with Gasteiger partial charge in [-0.05, 0) is 36.5 Å². The summed E-state index contributed by atoms with van der Waals surface area (Å²) in [6.45, 7) is 1.80. The van der Waals surface area contributed by atoms with Gasteiger partial charge in [-0.3, -0.25) is 9.78 Å². The van der Waals surface area contributed by atoms with Crippen molar-refractivity contribution in [2.45, 2.75) is 38.0 Å². The summed E-state index contributed by atoms with van der Waals surface area (Å²) in [4.78, 5) is 19.4. The summed E-state index contributed by atoms with van der Waals surface area (Å²) in [5.74, 6) is 0.153. The van der Waals surface area contributed by atoms with Crippen molar-refractivity contribution in [3.8, 4) is 0 Å². The Labute approximate surface area is 138 Å². The average molecular weight is 308 g/mol. The van der Waals surface area contributed by atoms with E-state index >= 15 is 0 Å². The van der Waals surface area contributed by atoms with Gasteiger partial charge in [-0.1, -0.05) is 49.2 Å². The van der Waals surface area contributed by atoms with Crippen molar-refractivity contribution in [3.63, 3.8) is 0 Å². The third-order valence-electron chi connectivity index (χ3n) is 4.58. The Hall–Kier alpha value is -2.16. The summed E-state index contributed by atoms with van der Waals surface area (Å²) in [5, 5.41) is 0. The zero-order valence-electron chi connectivity index (χ0n) is 13.5. The van der Waals surface area contributed by atoms with Crippen LogP contribution in [0.3, 0.4) is 0 Å². The van der Waals surface area contributed by atoms with E-state index in [-0.39, 0.29) is 11.8 Å². The van der Waals surface area contributed by atoms with Crippen LogP contribution in [0.25, 0.3) is 0 Å². The van der Waals surface area contributed by atoms with Crippen molar-refractivity contribution in [3.05, 3.63) is 66.0 Å². The fourth-order valence-corrected chi connectivity index (χ4v) is 3.30. The number of carbonyl (C=O) groups is 1. The van der Waals surface area contributed by atoms with Gasteiger partial charge in [0.15, 0.2) is 0 Å². The van der Waals surface area contributed by atoms with Crippen molar-refractivity contribution < 1.29 is 4.79 Å². The van der Waals surface area contributed by atoms with E-state index in [0.29, 0.717) is 6.42 Å². The monoisotopic (exact) mass is 308 g/mol. The number of likely N-dealkylation sites (tertiary alicyclic amines) is 1. The second-order valence-corrected chi connectivity index (χ2v) is 6.27. The lowest BCUT2D eigenvalue weighted by Gasteiger charge is -2.26. The molecule has 1 fully saturated rings. The molecule has 3 nitrogen and oxygen atoms in total. The number of rotatable bonds is 4. The highest BCUT2D eigenvalue weighted by Gasteiger charge is 2.26. The molecule has 2 aromatic rings. The minimum atomic E-state index is -0.113. The van der Waals surface area contributed by atoms with E-state index in [1.54, 1.807) is 6.20 Å². The van der Waals surface area contributed by atoms with Gasteiger partial charge in [0.25, 0.3) is 0 Å². The van der Waals surface area contributed by atoms with E-state index in [1.807, 2.05) is 30.5 Å². The molecular weight excluding hydrogens is 284 g/mol. The van der Waals surface area contributed by atoms with Gasteiger partial charge in [-0.2, -0.15) is 0 Å². The van der Waals surface area contributed by atoms with Gasteiger partial charge in [0.2, 0.25) is 5.91 Å². The fourth-order valence-electron chi connectivity index (χ4n) is 3.30. The first-order valence-corrected chi connectivity index (χ1v) is 8.57. The maximum absolute atomic E-state index is 13.2. The van der Waals surface area contributed by atoms with Crippen molar-refractivity contribution >= 4 is 5.91 Å². The van der Waals surface area contributed by atoms with Gasteiger partial charge >= 0.3 is 0 Å². The number of hydrogen-bond acceptors (Lipinski definition) is 2. The zero-order valence-corrected chi connectivity index (χ0v) is 13.5. The lowest BCUT2D eigenvalue weighted by Crippen LogP contribution is -2.36. The molecule has 2 heterocycles. The van der Waals surface area contributed by atoms with Gasteiger partial charge in [0.1, 0.15) is 0 Å². The summed E-state index contributed by atoms with van der Waals surface area (Å²) in [5.41, 5.74) is 2.22. The summed E-state index contributed by atoms with van der Waals surface area (Å²) in [7, 11) is 0. The van der Waals surface area contributed by atoms with E-state index in [0.717, 1.165) is 37.1 Å². The summed E-state index contributed by atoms with van der Waals surface area (Å²) >= 11 is 0. The summed E-state index contributed by atoms with van der Waals surface area (Å²) < 4.78 is 0. The first-order chi connectivity index (χ1) is 11.3. The van der Waals surface area contributed by atoms with E-state index in [4.69, 9.17) is 0 Å². The summed E-state index contributed by atoms with van der Waals surface area (Å²) in [6, 6.07) is 14.2. The number of aromatic nitrogens is 1. The van der Waals surface area contributed by atoms with Crippen LogP contribution in [-0.2, 0) is 11.2 Å². The lowest BCUT2D eigenvalue weighted by molar-refractivity contribution is -0.132. The minimum absolute atomic E-state index is 0.113. The molecular formula is C20H24N2O. The molecule has 23 heavy (non-hydrogen) atoms. The number of amides is 1. The second kappa shape index (κ2) is 7.91. The molecule has 1 atom stereocenters. The SMILES string of the molecule is O=C(C(Cc1cccnc1)c1ccccc1)N1CCCCCC1. The molecule has 1 amide bonds. The number of benzene rings is 1. The molecule has 1 unspecified atom stereocenters. The van der Waals surface area contributed by atoms with E-state index in [9.17, 15) is 4.79 Å². The first-order valence-electron chi connectivity index (χ1n) is 8.57. The van der Waals surface area contributed by atoms with Gasteiger partial charge in [0, 0.05) is 25.5 Å². The normalized spacial score (nSPS) is 16.6. The van der Waals surface area contributed by atoms with Crippen LogP contribution in [0.15, 0.2) is 54.9 Å². The molecule has 1 aromatic carbocycles. The second-order valence-electron chi connectivity index (χ2n) is 6.27.